The number of rotatable bonds is 6. The third kappa shape index (κ3) is 4.93. The van der Waals surface area contributed by atoms with Crippen LogP contribution in [0.2, 0.25) is 0 Å². The van der Waals surface area contributed by atoms with E-state index < -0.39 is 0 Å². The van der Waals surface area contributed by atoms with Crippen molar-refractivity contribution in [2.75, 3.05) is 11.9 Å². The summed E-state index contributed by atoms with van der Waals surface area (Å²) in [5.74, 6) is 0.938. The summed E-state index contributed by atoms with van der Waals surface area (Å²) >= 11 is 0. The van der Waals surface area contributed by atoms with E-state index in [1.54, 1.807) is 0 Å². The molecule has 19 heavy (non-hydrogen) atoms. The van der Waals surface area contributed by atoms with Crippen LogP contribution in [0.4, 0.5) is 5.69 Å². The maximum absolute atomic E-state index is 11.8. The molecule has 3 nitrogen and oxygen atoms in total. The molecule has 3 heteroatoms. The smallest absolute Gasteiger partial charge is 0.239 e. The van der Waals surface area contributed by atoms with Gasteiger partial charge in [-0.05, 0) is 30.4 Å². The SMILES string of the molecule is CC(C)c1ccccc1NCC(=O)NC(C)C(C)C. The largest absolute Gasteiger partial charge is 0.376 e. The summed E-state index contributed by atoms with van der Waals surface area (Å²) < 4.78 is 0. The van der Waals surface area contributed by atoms with Crippen molar-refractivity contribution in [3.05, 3.63) is 29.8 Å². The molecule has 2 N–H and O–H groups in total. The highest BCUT2D eigenvalue weighted by Gasteiger charge is 2.11. The van der Waals surface area contributed by atoms with Gasteiger partial charge in [0.05, 0.1) is 6.54 Å². The Kier molecular flexibility index (Phi) is 5.87. The Hall–Kier alpha value is -1.51. The molecule has 0 saturated carbocycles. The van der Waals surface area contributed by atoms with Gasteiger partial charge in [0.2, 0.25) is 5.91 Å². The number of carbonyl (C=O) groups is 1. The van der Waals surface area contributed by atoms with Crippen LogP contribution in [-0.4, -0.2) is 18.5 Å². The van der Waals surface area contributed by atoms with Crippen LogP contribution in [0, 0.1) is 5.92 Å². The fraction of sp³-hybridized carbons (Fsp3) is 0.562. The zero-order valence-electron chi connectivity index (χ0n) is 12.7. The summed E-state index contributed by atoms with van der Waals surface area (Å²) in [6.45, 7) is 10.9. The van der Waals surface area contributed by atoms with Crippen LogP contribution in [0.25, 0.3) is 0 Å². The standard InChI is InChI=1S/C16H26N2O/c1-11(2)13(5)18-16(19)10-17-15-9-7-6-8-14(15)12(3)4/h6-9,11-13,17H,10H2,1-5H3,(H,18,19). The third-order valence-corrected chi connectivity index (χ3v) is 3.41. The molecule has 1 aromatic rings. The second kappa shape index (κ2) is 7.17. The van der Waals surface area contributed by atoms with Crippen LogP contribution in [0.1, 0.15) is 46.1 Å². The maximum atomic E-state index is 11.8. The zero-order valence-corrected chi connectivity index (χ0v) is 12.7. The fourth-order valence-electron chi connectivity index (χ4n) is 1.81. The number of para-hydroxylation sites is 1. The molecular weight excluding hydrogens is 236 g/mol. The molecule has 1 amide bonds. The number of hydrogen-bond donors (Lipinski definition) is 2. The van der Waals surface area contributed by atoms with Crippen molar-refractivity contribution < 1.29 is 4.79 Å². The summed E-state index contributed by atoms with van der Waals surface area (Å²) in [7, 11) is 0. The molecule has 0 heterocycles. The van der Waals surface area contributed by atoms with E-state index in [0.29, 0.717) is 18.4 Å². The lowest BCUT2D eigenvalue weighted by Crippen LogP contribution is -2.39. The van der Waals surface area contributed by atoms with E-state index in [9.17, 15) is 4.79 Å². The van der Waals surface area contributed by atoms with Crippen LogP contribution in [-0.2, 0) is 4.79 Å². The Morgan fingerprint density at radius 2 is 1.74 bits per heavy atom. The van der Waals surface area contributed by atoms with E-state index in [1.165, 1.54) is 5.56 Å². The van der Waals surface area contributed by atoms with Gasteiger partial charge < -0.3 is 10.6 Å². The van der Waals surface area contributed by atoms with Gasteiger partial charge in [-0.3, -0.25) is 4.79 Å². The van der Waals surface area contributed by atoms with Gasteiger partial charge in [0, 0.05) is 11.7 Å². The lowest BCUT2D eigenvalue weighted by atomic mass is 10.0. The summed E-state index contributed by atoms with van der Waals surface area (Å²) in [6.07, 6.45) is 0. The van der Waals surface area contributed by atoms with Crippen molar-refractivity contribution in [1.82, 2.24) is 5.32 Å². The van der Waals surface area contributed by atoms with Crippen molar-refractivity contribution >= 4 is 11.6 Å². The number of hydrogen-bond acceptors (Lipinski definition) is 2. The van der Waals surface area contributed by atoms with Gasteiger partial charge in [-0.1, -0.05) is 45.9 Å². The molecule has 1 atom stereocenters. The third-order valence-electron chi connectivity index (χ3n) is 3.41. The molecule has 0 spiro atoms. The van der Waals surface area contributed by atoms with E-state index in [-0.39, 0.29) is 11.9 Å². The summed E-state index contributed by atoms with van der Waals surface area (Å²) in [5.41, 5.74) is 2.29. The summed E-state index contributed by atoms with van der Waals surface area (Å²) in [5, 5.41) is 6.22. The number of carbonyl (C=O) groups excluding carboxylic acids is 1. The first-order chi connectivity index (χ1) is 8.91. The van der Waals surface area contributed by atoms with E-state index in [4.69, 9.17) is 0 Å². The number of nitrogens with one attached hydrogen (secondary N) is 2. The van der Waals surface area contributed by atoms with E-state index >= 15 is 0 Å². The molecule has 0 saturated heterocycles. The second-order valence-electron chi connectivity index (χ2n) is 5.70. The van der Waals surface area contributed by atoms with Gasteiger partial charge in [0.25, 0.3) is 0 Å². The summed E-state index contributed by atoms with van der Waals surface area (Å²) in [6, 6.07) is 8.34. The molecular formula is C16H26N2O. The topological polar surface area (TPSA) is 41.1 Å². The van der Waals surface area contributed by atoms with E-state index in [0.717, 1.165) is 5.69 Å². The highest BCUT2D eigenvalue weighted by Crippen LogP contribution is 2.23. The van der Waals surface area contributed by atoms with E-state index in [2.05, 4.69) is 44.4 Å². The molecule has 106 valence electrons. The number of benzene rings is 1. The maximum Gasteiger partial charge on any atom is 0.239 e. The Labute approximate surface area is 116 Å². The van der Waals surface area contributed by atoms with Crippen molar-refractivity contribution in [3.63, 3.8) is 0 Å². The van der Waals surface area contributed by atoms with Gasteiger partial charge in [0.1, 0.15) is 0 Å². The van der Waals surface area contributed by atoms with Gasteiger partial charge >= 0.3 is 0 Å². The van der Waals surface area contributed by atoms with Crippen LogP contribution in [0.15, 0.2) is 24.3 Å². The van der Waals surface area contributed by atoms with Gasteiger partial charge in [-0.25, -0.2) is 0 Å². The van der Waals surface area contributed by atoms with Crippen LogP contribution < -0.4 is 10.6 Å². The number of amides is 1. The average molecular weight is 262 g/mol. The second-order valence-corrected chi connectivity index (χ2v) is 5.70. The summed E-state index contributed by atoms with van der Waals surface area (Å²) in [4.78, 5) is 11.8. The average Bonchev–Trinajstić information content (AvgIpc) is 2.36. The van der Waals surface area contributed by atoms with Crippen molar-refractivity contribution in [1.29, 1.82) is 0 Å². The molecule has 0 aromatic heterocycles. The molecule has 0 aliphatic rings. The lowest BCUT2D eigenvalue weighted by molar-refractivity contribution is -0.120. The first kappa shape index (κ1) is 15.5. The molecule has 1 unspecified atom stereocenters. The molecule has 1 aromatic carbocycles. The Morgan fingerprint density at radius 3 is 2.32 bits per heavy atom. The monoisotopic (exact) mass is 262 g/mol. The van der Waals surface area contributed by atoms with Crippen LogP contribution >= 0.6 is 0 Å². The molecule has 1 rings (SSSR count). The molecule has 0 aliphatic carbocycles. The number of anilines is 1. The Morgan fingerprint density at radius 1 is 1.11 bits per heavy atom. The molecule has 0 fully saturated rings. The van der Waals surface area contributed by atoms with Crippen molar-refractivity contribution in [2.45, 2.75) is 46.6 Å². The van der Waals surface area contributed by atoms with Gasteiger partial charge in [-0.15, -0.1) is 0 Å². The zero-order chi connectivity index (χ0) is 14.4. The van der Waals surface area contributed by atoms with Crippen LogP contribution in [0.3, 0.4) is 0 Å². The van der Waals surface area contributed by atoms with Crippen LogP contribution in [0.5, 0.6) is 0 Å². The predicted molar refractivity (Wildman–Crippen MR) is 81.5 cm³/mol. The molecule has 0 aliphatic heterocycles. The fourth-order valence-corrected chi connectivity index (χ4v) is 1.81. The Bertz CT molecular complexity index is 413. The first-order valence-electron chi connectivity index (χ1n) is 7.04. The minimum atomic E-state index is 0.0414. The lowest BCUT2D eigenvalue weighted by Gasteiger charge is -2.19. The highest BCUT2D eigenvalue weighted by atomic mass is 16.1. The minimum Gasteiger partial charge on any atom is -0.376 e. The van der Waals surface area contributed by atoms with Crippen molar-refractivity contribution in [3.8, 4) is 0 Å². The van der Waals surface area contributed by atoms with Crippen molar-refractivity contribution in [2.24, 2.45) is 5.92 Å². The predicted octanol–water partition coefficient (Wildman–Crippen LogP) is 3.38. The van der Waals surface area contributed by atoms with E-state index in [1.807, 2.05) is 25.1 Å². The molecule has 0 bridgehead atoms. The molecule has 0 radical (unpaired) electrons. The highest BCUT2D eigenvalue weighted by molar-refractivity contribution is 5.81. The van der Waals surface area contributed by atoms with Gasteiger partial charge in [-0.2, -0.15) is 0 Å². The quantitative estimate of drug-likeness (QED) is 0.825. The normalized spacial score (nSPS) is 12.6. The van der Waals surface area contributed by atoms with Gasteiger partial charge in [0.15, 0.2) is 0 Å². The minimum absolute atomic E-state index is 0.0414. The first-order valence-corrected chi connectivity index (χ1v) is 7.04. The Balaban J connectivity index is 2.55.